The molecule has 2 aliphatic heterocycles. The van der Waals surface area contributed by atoms with E-state index in [0.29, 0.717) is 48.6 Å². The normalized spacial score (nSPS) is 16.3. The SMILES string of the molecule is COc1c(F)cccc1Nc1c(-c2ccncc2OCC2CN(C(=O)OC(C)(C)C)C2)[nH]c2c1C(=O)N(C(=O)O)CC2CCC(OC)OC. The van der Waals surface area contributed by atoms with Crippen molar-refractivity contribution in [3.63, 3.8) is 0 Å². The Balaban J connectivity index is 1.53. The fraction of sp³-hybridized carbons (Fsp3) is 0.471. The number of methoxy groups -OCH3 is 3. The first kappa shape index (κ1) is 35.4. The second-order valence-corrected chi connectivity index (χ2v) is 12.9. The summed E-state index contributed by atoms with van der Waals surface area (Å²) in [6.07, 6.45) is 1.60. The molecule has 0 radical (unpaired) electrons. The molecule has 0 spiro atoms. The molecule has 1 fully saturated rings. The summed E-state index contributed by atoms with van der Waals surface area (Å²) in [5.41, 5.74) is 1.33. The molecule has 14 nitrogen and oxygen atoms in total. The van der Waals surface area contributed by atoms with Crippen LogP contribution in [-0.2, 0) is 14.2 Å². The largest absolute Gasteiger partial charge is 0.492 e. The molecule has 1 aromatic carbocycles. The van der Waals surface area contributed by atoms with Crippen molar-refractivity contribution in [2.45, 2.75) is 51.4 Å². The van der Waals surface area contributed by atoms with E-state index < -0.39 is 35.6 Å². The van der Waals surface area contributed by atoms with Gasteiger partial charge in [0, 0.05) is 63.1 Å². The van der Waals surface area contributed by atoms with Crippen LogP contribution in [-0.4, -0.2) is 102 Å². The molecular weight excluding hydrogens is 641 g/mol. The number of carbonyl (C=O) groups excluding carboxylic acids is 2. The van der Waals surface area contributed by atoms with Crippen molar-refractivity contribution in [1.82, 2.24) is 19.8 Å². The Hall–Kier alpha value is -4.89. The van der Waals surface area contributed by atoms with Crippen LogP contribution >= 0.6 is 0 Å². The number of anilines is 2. The number of halogens is 1. The number of hydrogen-bond donors (Lipinski definition) is 3. The summed E-state index contributed by atoms with van der Waals surface area (Å²) in [5.74, 6) is -1.51. The molecule has 1 unspecified atom stereocenters. The van der Waals surface area contributed by atoms with Crippen molar-refractivity contribution in [2.75, 3.05) is 52.9 Å². The van der Waals surface area contributed by atoms with E-state index in [1.54, 1.807) is 23.2 Å². The molecule has 0 aliphatic carbocycles. The predicted octanol–water partition coefficient (Wildman–Crippen LogP) is 5.83. The highest BCUT2D eigenvalue weighted by molar-refractivity contribution is 6.11. The van der Waals surface area contributed by atoms with Gasteiger partial charge < -0.3 is 44.0 Å². The van der Waals surface area contributed by atoms with Gasteiger partial charge in [-0.05, 0) is 51.8 Å². The van der Waals surface area contributed by atoms with Crippen molar-refractivity contribution >= 4 is 29.5 Å². The second kappa shape index (κ2) is 14.7. The highest BCUT2D eigenvalue weighted by Gasteiger charge is 2.41. The number of aromatic amines is 1. The monoisotopic (exact) mass is 683 g/mol. The Bertz CT molecular complexity index is 1680. The number of aromatic nitrogens is 2. The van der Waals surface area contributed by atoms with Gasteiger partial charge in [-0.1, -0.05) is 6.07 Å². The minimum atomic E-state index is -1.40. The molecule has 2 aromatic heterocycles. The Morgan fingerprint density at radius 3 is 2.53 bits per heavy atom. The minimum Gasteiger partial charge on any atom is -0.492 e. The number of ether oxygens (including phenoxy) is 5. The van der Waals surface area contributed by atoms with Gasteiger partial charge in [0.25, 0.3) is 5.91 Å². The average molecular weight is 684 g/mol. The second-order valence-electron chi connectivity index (χ2n) is 12.9. The maximum atomic E-state index is 14.8. The molecular formula is C34H42FN5O9. The van der Waals surface area contributed by atoms with Crippen molar-refractivity contribution in [3.05, 3.63) is 53.7 Å². The number of para-hydroxylation sites is 1. The van der Waals surface area contributed by atoms with Gasteiger partial charge in [0.1, 0.15) is 11.4 Å². The molecule has 49 heavy (non-hydrogen) atoms. The zero-order chi connectivity index (χ0) is 35.5. The van der Waals surface area contributed by atoms with Crippen LogP contribution in [0.5, 0.6) is 11.5 Å². The van der Waals surface area contributed by atoms with Gasteiger partial charge >= 0.3 is 12.2 Å². The predicted molar refractivity (Wildman–Crippen MR) is 176 cm³/mol. The Morgan fingerprint density at radius 1 is 1.14 bits per heavy atom. The van der Waals surface area contributed by atoms with Crippen LogP contribution in [0.15, 0.2) is 36.7 Å². The first-order valence-electron chi connectivity index (χ1n) is 15.9. The molecule has 4 heterocycles. The topological polar surface area (TPSA) is 165 Å². The number of H-pyrrole nitrogens is 1. The highest BCUT2D eigenvalue weighted by Crippen LogP contribution is 2.46. The Kier molecular flexibility index (Phi) is 10.6. The number of pyridine rings is 1. The van der Waals surface area contributed by atoms with Crippen molar-refractivity contribution < 1.29 is 47.6 Å². The van der Waals surface area contributed by atoms with Gasteiger partial charge in [0.2, 0.25) is 0 Å². The third-order valence-corrected chi connectivity index (χ3v) is 8.37. The number of carbonyl (C=O) groups is 3. The van der Waals surface area contributed by atoms with Crippen molar-refractivity contribution in [3.8, 4) is 22.8 Å². The molecule has 5 rings (SSSR count). The number of rotatable bonds is 12. The van der Waals surface area contributed by atoms with Crippen molar-refractivity contribution in [2.24, 2.45) is 5.92 Å². The van der Waals surface area contributed by atoms with E-state index in [2.05, 4.69) is 15.3 Å². The van der Waals surface area contributed by atoms with Crippen LogP contribution in [0.25, 0.3) is 11.3 Å². The highest BCUT2D eigenvalue weighted by atomic mass is 19.1. The summed E-state index contributed by atoms with van der Waals surface area (Å²) in [4.78, 5) is 48.7. The zero-order valence-corrected chi connectivity index (χ0v) is 28.4. The van der Waals surface area contributed by atoms with Crippen LogP contribution in [0, 0.1) is 11.7 Å². The van der Waals surface area contributed by atoms with Gasteiger partial charge in [-0.25, -0.2) is 18.9 Å². The van der Waals surface area contributed by atoms with E-state index in [1.165, 1.54) is 39.7 Å². The summed E-state index contributed by atoms with van der Waals surface area (Å²) in [5, 5.41) is 13.2. The number of benzene rings is 1. The molecule has 1 saturated heterocycles. The summed E-state index contributed by atoms with van der Waals surface area (Å²) in [7, 11) is 4.35. The summed E-state index contributed by atoms with van der Waals surface area (Å²) >= 11 is 0. The Morgan fingerprint density at radius 2 is 1.88 bits per heavy atom. The van der Waals surface area contributed by atoms with Gasteiger partial charge in [0.05, 0.1) is 42.5 Å². The average Bonchev–Trinajstić information content (AvgIpc) is 3.40. The van der Waals surface area contributed by atoms with E-state index in [0.717, 1.165) is 4.90 Å². The lowest BCUT2D eigenvalue weighted by atomic mass is 9.91. The van der Waals surface area contributed by atoms with Crippen LogP contribution in [0.3, 0.4) is 0 Å². The fourth-order valence-corrected chi connectivity index (χ4v) is 5.98. The maximum absolute atomic E-state index is 14.8. The van der Waals surface area contributed by atoms with Crippen LogP contribution in [0.2, 0.25) is 0 Å². The molecule has 264 valence electrons. The number of nitrogens with one attached hydrogen (secondary N) is 2. The third kappa shape index (κ3) is 7.73. The maximum Gasteiger partial charge on any atom is 0.414 e. The van der Waals surface area contributed by atoms with Crippen LogP contribution in [0.4, 0.5) is 25.4 Å². The molecule has 0 bridgehead atoms. The van der Waals surface area contributed by atoms with Crippen molar-refractivity contribution in [1.29, 1.82) is 0 Å². The van der Waals surface area contributed by atoms with Crippen LogP contribution in [0.1, 0.15) is 55.6 Å². The van der Waals surface area contributed by atoms with E-state index >= 15 is 0 Å². The lowest BCUT2D eigenvalue weighted by molar-refractivity contribution is -0.107. The number of hydrogen-bond acceptors (Lipinski definition) is 10. The molecule has 3 aromatic rings. The van der Waals surface area contributed by atoms with E-state index in [4.69, 9.17) is 23.7 Å². The molecule has 1 atom stereocenters. The van der Waals surface area contributed by atoms with Gasteiger partial charge in [-0.2, -0.15) is 0 Å². The smallest absolute Gasteiger partial charge is 0.414 e. The van der Waals surface area contributed by atoms with E-state index in [-0.39, 0.29) is 47.9 Å². The minimum absolute atomic E-state index is 0.0381. The Labute approximate surface area is 283 Å². The fourth-order valence-electron chi connectivity index (χ4n) is 5.98. The molecule has 3 amide bonds. The van der Waals surface area contributed by atoms with E-state index in [1.807, 2.05) is 20.8 Å². The molecule has 15 heteroatoms. The molecule has 3 N–H and O–H groups in total. The van der Waals surface area contributed by atoms with Crippen LogP contribution < -0.4 is 14.8 Å². The van der Waals surface area contributed by atoms with Gasteiger partial charge in [-0.15, -0.1) is 0 Å². The lowest BCUT2D eigenvalue weighted by Crippen LogP contribution is -2.53. The zero-order valence-electron chi connectivity index (χ0n) is 28.4. The first-order valence-corrected chi connectivity index (χ1v) is 15.9. The number of amides is 3. The molecule has 2 aliphatic rings. The summed E-state index contributed by atoms with van der Waals surface area (Å²) in [6.45, 7) is 6.52. The molecule has 0 saturated carbocycles. The summed E-state index contributed by atoms with van der Waals surface area (Å²) < 4.78 is 42.6. The quantitative estimate of drug-likeness (QED) is 0.197. The lowest BCUT2D eigenvalue weighted by Gasteiger charge is -2.39. The number of nitrogens with zero attached hydrogens (tertiary/aromatic N) is 3. The van der Waals surface area contributed by atoms with E-state index in [9.17, 15) is 23.9 Å². The number of likely N-dealkylation sites (tertiary alicyclic amines) is 1. The summed E-state index contributed by atoms with van der Waals surface area (Å²) in [6, 6.07) is 6.02. The number of carboxylic acid groups (broad SMARTS) is 1. The van der Waals surface area contributed by atoms with Gasteiger partial charge in [0.15, 0.2) is 17.9 Å². The van der Waals surface area contributed by atoms with Gasteiger partial charge in [-0.3, -0.25) is 9.78 Å². The third-order valence-electron chi connectivity index (χ3n) is 8.37. The number of imide groups is 1. The first-order chi connectivity index (χ1) is 23.3. The standard InChI is InChI=1S/C34H42FN5O9/c1-34(2,3)49-33(44)39-15-19(16-39)18-48-24-14-36-13-12-21(24)28-29(37-23-9-7-8-22(35)30(23)47-6)26-27(38-28)20(10-11-25(45-4)46-5)17-40(31(26)41)32(42)43/h7-9,12-14,19-20,25,37-38H,10-11,15-18H2,1-6H3,(H,42,43). The number of fused-ring (bicyclic) bond motifs is 1.